The lowest BCUT2D eigenvalue weighted by Crippen LogP contribution is -2.27. The lowest BCUT2D eigenvalue weighted by atomic mass is 10.2. The fourth-order valence-electron chi connectivity index (χ4n) is 1.41. The van der Waals surface area contributed by atoms with Gasteiger partial charge >= 0.3 is 0 Å². The van der Waals surface area contributed by atoms with E-state index in [0.29, 0.717) is 0 Å². The molecule has 2 rings (SSSR count). The standard InChI is InChI=1S/C9H11N7O3/c1-4-6(17)5(12-15(2)8(4)19)7(18)10-9-11-13-14-16(9)3/h17H,1-3H3,(H,10,11,14,18). The van der Waals surface area contributed by atoms with Gasteiger partial charge in [-0.1, -0.05) is 5.10 Å². The van der Waals surface area contributed by atoms with Gasteiger partial charge in [0.25, 0.3) is 11.5 Å². The van der Waals surface area contributed by atoms with Crippen LogP contribution in [0.3, 0.4) is 0 Å². The van der Waals surface area contributed by atoms with Crippen molar-refractivity contribution in [1.29, 1.82) is 0 Å². The minimum Gasteiger partial charge on any atom is -0.505 e. The predicted molar refractivity (Wildman–Crippen MR) is 62.6 cm³/mol. The van der Waals surface area contributed by atoms with E-state index >= 15 is 0 Å². The van der Waals surface area contributed by atoms with E-state index in [4.69, 9.17) is 0 Å². The Morgan fingerprint density at radius 2 is 2.00 bits per heavy atom. The summed E-state index contributed by atoms with van der Waals surface area (Å²) in [5, 5.41) is 26.3. The van der Waals surface area contributed by atoms with Gasteiger partial charge in [-0.2, -0.15) is 5.10 Å². The molecule has 2 heterocycles. The summed E-state index contributed by atoms with van der Waals surface area (Å²) in [4.78, 5) is 23.5. The van der Waals surface area contributed by atoms with Crippen LogP contribution in [0.4, 0.5) is 5.95 Å². The molecule has 10 heteroatoms. The highest BCUT2D eigenvalue weighted by atomic mass is 16.3. The first-order valence-electron chi connectivity index (χ1n) is 5.22. The fraction of sp³-hybridized carbons (Fsp3) is 0.333. The Labute approximate surface area is 106 Å². The van der Waals surface area contributed by atoms with Crippen molar-refractivity contribution >= 4 is 11.9 Å². The third kappa shape index (κ3) is 2.14. The zero-order valence-electron chi connectivity index (χ0n) is 10.4. The Balaban J connectivity index is 2.40. The van der Waals surface area contributed by atoms with E-state index in [1.807, 2.05) is 0 Å². The van der Waals surface area contributed by atoms with Gasteiger partial charge in [0.2, 0.25) is 5.95 Å². The van der Waals surface area contributed by atoms with Crippen LogP contribution in [-0.4, -0.2) is 41.0 Å². The number of anilines is 1. The van der Waals surface area contributed by atoms with Gasteiger partial charge in [-0.15, -0.1) is 0 Å². The number of aromatic nitrogens is 6. The van der Waals surface area contributed by atoms with Crippen LogP contribution in [-0.2, 0) is 14.1 Å². The summed E-state index contributed by atoms with van der Waals surface area (Å²) in [5.41, 5.74) is -0.712. The summed E-state index contributed by atoms with van der Waals surface area (Å²) in [5.74, 6) is -1.08. The Hall–Kier alpha value is -2.78. The molecular formula is C9H11N7O3. The number of amides is 1. The number of nitrogens with one attached hydrogen (secondary N) is 1. The lowest BCUT2D eigenvalue weighted by Gasteiger charge is -2.07. The van der Waals surface area contributed by atoms with Crippen LogP contribution in [0.1, 0.15) is 16.1 Å². The van der Waals surface area contributed by atoms with Gasteiger partial charge < -0.3 is 5.11 Å². The molecule has 0 unspecified atom stereocenters. The monoisotopic (exact) mass is 265 g/mol. The number of carbonyl (C=O) groups is 1. The second kappa shape index (κ2) is 4.48. The zero-order valence-corrected chi connectivity index (χ0v) is 10.4. The molecule has 0 radical (unpaired) electrons. The van der Waals surface area contributed by atoms with Crippen molar-refractivity contribution in [3.05, 3.63) is 21.6 Å². The van der Waals surface area contributed by atoms with Crippen LogP contribution < -0.4 is 10.9 Å². The molecule has 0 aromatic carbocycles. The number of carbonyl (C=O) groups excluding carboxylic acids is 1. The van der Waals surface area contributed by atoms with Crippen LogP contribution in [0, 0.1) is 6.92 Å². The van der Waals surface area contributed by atoms with E-state index < -0.39 is 17.2 Å². The van der Waals surface area contributed by atoms with Crippen molar-refractivity contribution in [3.63, 3.8) is 0 Å². The van der Waals surface area contributed by atoms with E-state index in [9.17, 15) is 14.7 Å². The highest BCUT2D eigenvalue weighted by Crippen LogP contribution is 2.16. The summed E-state index contributed by atoms with van der Waals surface area (Å²) in [6.07, 6.45) is 0. The van der Waals surface area contributed by atoms with Crippen molar-refractivity contribution in [1.82, 2.24) is 30.0 Å². The molecule has 0 saturated heterocycles. The summed E-state index contributed by atoms with van der Waals surface area (Å²) in [6, 6.07) is 0. The molecule has 0 saturated carbocycles. The SMILES string of the molecule is Cc1c(O)c(C(=O)Nc2nnnn2C)nn(C)c1=O. The van der Waals surface area contributed by atoms with E-state index in [1.165, 1.54) is 25.7 Å². The van der Waals surface area contributed by atoms with Crippen LogP contribution in [0.2, 0.25) is 0 Å². The molecule has 10 nitrogen and oxygen atoms in total. The topological polar surface area (TPSA) is 128 Å². The van der Waals surface area contributed by atoms with Gasteiger partial charge in [-0.3, -0.25) is 14.9 Å². The molecule has 0 spiro atoms. The van der Waals surface area contributed by atoms with Crippen molar-refractivity contribution in [2.24, 2.45) is 14.1 Å². The molecule has 0 aliphatic carbocycles. The first-order chi connectivity index (χ1) is 8.91. The van der Waals surface area contributed by atoms with Gasteiger partial charge in [0, 0.05) is 14.1 Å². The summed E-state index contributed by atoms with van der Waals surface area (Å²) >= 11 is 0. The molecular weight excluding hydrogens is 254 g/mol. The molecule has 19 heavy (non-hydrogen) atoms. The van der Waals surface area contributed by atoms with Gasteiger partial charge in [-0.05, 0) is 17.4 Å². The van der Waals surface area contributed by atoms with Gasteiger partial charge in [0.05, 0.1) is 5.56 Å². The van der Waals surface area contributed by atoms with Gasteiger partial charge in [-0.25, -0.2) is 9.36 Å². The number of hydrogen-bond donors (Lipinski definition) is 2. The minimum atomic E-state index is -0.714. The maximum atomic E-state index is 11.9. The van der Waals surface area contributed by atoms with Gasteiger partial charge in [0.15, 0.2) is 11.4 Å². The van der Waals surface area contributed by atoms with E-state index in [-0.39, 0.29) is 17.2 Å². The molecule has 2 N–H and O–H groups in total. The fourth-order valence-corrected chi connectivity index (χ4v) is 1.41. The van der Waals surface area contributed by atoms with Gasteiger partial charge in [0.1, 0.15) is 0 Å². The molecule has 0 aliphatic heterocycles. The Kier molecular flexibility index (Phi) is 2.99. The van der Waals surface area contributed by atoms with Crippen LogP contribution in [0.5, 0.6) is 5.75 Å². The normalized spacial score (nSPS) is 10.5. The average Bonchev–Trinajstić information content (AvgIpc) is 2.77. The molecule has 0 fully saturated rings. The number of hydrogen-bond acceptors (Lipinski definition) is 7. The highest BCUT2D eigenvalue weighted by Gasteiger charge is 2.20. The minimum absolute atomic E-state index is 0.0405. The van der Waals surface area contributed by atoms with Crippen molar-refractivity contribution in [2.45, 2.75) is 6.92 Å². The van der Waals surface area contributed by atoms with Crippen molar-refractivity contribution in [3.8, 4) is 5.75 Å². The quantitative estimate of drug-likeness (QED) is 0.681. The first-order valence-corrected chi connectivity index (χ1v) is 5.22. The number of tetrazole rings is 1. The highest BCUT2D eigenvalue weighted by molar-refractivity contribution is 6.03. The molecule has 100 valence electrons. The Bertz CT molecular complexity index is 702. The summed E-state index contributed by atoms with van der Waals surface area (Å²) in [6.45, 7) is 1.40. The first kappa shape index (κ1) is 12.7. The predicted octanol–water partition coefficient (Wildman–Crippen LogP) is -1.43. The number of aromatic hydroxyl groups is 1. The van der Waals surface area contributed by atoms with Crippen molar-refractivity contribution < 1.29 is 9.90 Å². The maximum absolute atomic E-state index is 11.9. The third-order valence-electron chi connectivity index (χ3n) is 2.50. The summed E-state index contributed by atoms with van der Waals surface area (Å²) < 4.78 is 2.21. The van der Waals surface area contributed by atoms with Crippen LogP contribution in [0.15, 0.2) is 4.79 Å². The zero-order chi connectivity index (χ0) is 14.2. The van der Waals surface area contributed by atoms with Crippen LogP contribution >= 0.6 is 0 Å². The maximum Gasteiger partial charge on any atom is 0.282 e. The molecule has 0 atom stereocenters. The number of aryl methyl sites for hydroxylation is 2. The average molecular weight is 265 g/mol. The smallest absolute Gasteiger partial charge is 0.282 e. The molecule has 2 aromatic heterocycles. The number of rotatable bonds is 2. The van der Waals surface area contributed by atoms with E-state index in [1.54, 1.807) is 0 Å². The van der Waals surface area contributed by atoms with E-state index in [2.05, 4.69) is 25.9 Å². The lowest BCUT2D eigenvalue weighted by molar-refractivity contribution is 0.101. The Morgan fingerprint density at radius 1 is 1.32 bits per heavy atom. The largest absolute Gasteiger partial charge is 0.505 e. The summed E-state index contributed by atoms with van der Waals surface area (Å²) in [7, 11) is 2.92. The van der Waals surface area contributed by atoms with Crippen LogP contribution in [0.25, 0.3) is 0 Å². The number of nitrogens with zero attached hydrogens (tertiary/aromatic N) is 6. The van der Waals surface area contributed by atoms with E-state index in [0.717, 1.165) is 4.68 Å². The molecule has 1 amide bonds. The molecule has 0 aliphatic rings. The third-order valence-corrected chi connectivity index (χ3v) is 2.50. The second-order valence-electron chi connectivity index (χ2n) is 3.83. The Morgan fingerprint density at radius 3 is 2.58 bits per heavy atom. The second-order valence-corrected chi connectivity index (χ2v) is 3.83. The molecule has 2 aromatic rings. The molecule has 0 bridgehead atoms. The van der Waals surface area contributed by atoms with Crippen molar-refractivity contribution in [2.75, 3.05) is 5.32 Å².